The predicted octanol–water partition coefficient (Wildman–Crippen LogP) is 4.11. The van der Waals surface area contributed by atoms with Gasteiger partial charge in [0.25, 0.3) is 0 Å². The number of halogens is 1. The molecular formula is C16H14BrNO2. The number of hydrogen-bond acceptors (Lipinski definition) is 2. The fraction of sp³-hybridized carbons (Fsp3) is 0.0625. The van der Waals surface area contributed by atoms with Crippen LogP contribution < -0.4 is 10.1 Å². The Morgan fingerprint density at radius 2 is 2.00 bits per heavy atom. The largest absolute Gasteiger partial charge is 0.497 e. The summed E-state index contributed by atoms with van der Waals surface area (Å²) in [6, 6.07) is 15.0. The number of amides is 1. The second kappa shape index (κ2) is 6.91. The molecule has 0 aliphatic carbocycles. The third-order valence-electron chi connectivity index (χ3n) is 2.65. The summed E-state index contributed by atoms with van der Waals surface area (Å²) in [6.45, 7) is 0. The zero-order valence-corrected chi connectivity index (χ0v) is 12.6. The van der Waals surface area contributed by atoms with Crippen molar-refractivity contribution in [3.05, 3.63) is 64.6 Å². The zero-order chi connectivity index (χ0) is 14.4. The van der Waals surface area contributed by atoms with Crippen LogP contribution in [0.2, 0.25) is 0 Å². The Morgan fingerprint density at radius 3 is 2.75 bits per heavy atom. The molecule has 20 heavy (non-hydrogen) atoms. The minimum atomic E-state index is -0.181. The lowest BCUT2D eigenvalue weighted by molar-refractivity contribution is -0.111. The fourth-order valence-corrected chi connectivity index (χ4v) is 2.04. The molecule has 4 heteroatoms. The number of nitrogens with one attached hydrogen (secondary N) is 1. The van der Waals surface area contributed by atoms with Crippen LogP contribution >= 0.6 is 15.9 Å². The maximum Gasteiger partial charge on any atom is 0.248 e. The van der Waals surface area contributed by atoms with Crippen molar-refractivity contribution in [3.8, 4) is 5.75 Å². The maximum atomic E-state index is 11.8. The first-order valence-corrected chi connectivity index (χ1v) is 6.86. The van der Waals surface area contributed by atoms with Gasteiger partial charge in [-0.25, -0.2) is 0 Å². The van der Waals surface area contributed by atoms with Gasteiger partial charge in [-0.2, -0.15) is 0 Å². The summed E-state index contributed by atoms with van der Waals surface area (Å²) in [4.78, 5) is 11.8. The topological polar surface area (TPSA) is 38.3 Å². The standard InChI is InChI=1S/C16H14BrNO2/c1-20-13-6-4-5-12(11-13)9-10-16(19)18-15-8-3-2-7-14(15)17/h2-11H,1H3,(H,18,19)/b10-9+. The second-order valence-electron chi connectivity index (χ2n) is 4.08. The molecule has 1 amide bonds. The molecule has 0 saturated heterocycles. The second-order valence-corrected chi connectivity index (χ2v) is 4.93. The van der Waals surface area contributed by atoms with E-state index in [0.29, 0.717) is 0 Å². The van der Waals surface area contributed by atoms with Gasteiger partial charge < -0.3 is 10.1 Å². The lowest BCUT2D eigenvalue weighted by Gasteiger charge is -2.04. The molecule has 0 aliphatic heterocycles. The summed E-state index contributed by atoms with van der Waals surface area (Å²) < 4.78 is 5.98. The highest BCUT2D eigenvalue weighted by Gasteiger charge is 2.01. The van der Waals surface area contributed by atoms with Crippen molar-refractivity contribution in [3.63, 3.8) is 0 Å². The highest BCUT2D eigenvalue weighted by molar-refractivity contribution is 9.10. The summed E-state index contributed by atoms with van der Waals surface area (Å²) in [5.41, 5.74) is 1.65. The Balaban J connectivity index is 2.04. The molecule has 0 heterocycles. The molecule has 1 N–H and O–H groups in total. The van der Waals surface area contributed by atoms with E-state index in [0.717, 1.165) is 21.5 Å². The predicted molar refractivity (Wildman–Crippen MR) is 84.8 cm³/mol. The van der Waals surface area contributed by atoms with Crippen molar-refractivity contribution in [2.24, 2.45) is 0 Å². The summed E-state index contributed by atoms with van der Waals surface area (Å²) >= 11 is 3.38. The van der Waals surface area contributed by atoms with Crippen molar-refractivity contribution in [1.29, 1.82) is 0 Å². The molecule has 0 unspecified atom stereocenters. The van der Waals surface area contributed by atoms with Gasteiger partial charge in [-0.15, -0.1) is 0 Å². The SMILES string of the molecule is COc1cccc(/C=C/C(=O)Nc2ccccc2Br)c1. The smallest absolute Gasteiger partial charge is 0.248 e. The van der Waals surface area contributed by atoms with Gasteiger partial charge >= 0.3 is 0 Å². The van der Waals surface area contributed by atoms with Crippen molar-refractivity contribution in [2.45, 2.75) is 0 Å². The average Bonchev–Trinajstić information content (AvgIpc) is 2.48. The molecular weight excluding hydrogens is 318 g/mol. The first kappa shape index (κ1) is 14.3. The average molecular weight is 332 g/mol. The Morgan fingerprint density at radius 1 is 1.20 bits per heavy atom. The van der Waals surface area contributed by atoms with E-state index in [-0.39, 0.29) is 5.91 Å². The number of rotatable bonds is 4. The van der Waals surface area contributed by atoms with E-state index in [1.54, 1.807) is 13.2 Å². The highest BCUT2D eigenvalue weighted by Crippen LogP contribution is 2.21. The van der Waals surface area contributed by atoms with Crippen LogP contribution in [0.15, 0.2) is 59.1 Å². The molecule has 0 saturated carbocycles. The van der Waals surface area contributed by atoms with Crippen LogP contribution in [-0.2, 0) is 4.79 Å². The summed E-state index contributed by atoms with van der Waals surface area (Å²) in [5, 5.41) is 2.81. The van der Waals surface area contributed by atoms with Gasteiger partial charge in [0.05, 0.1) is 12.8 Å². The number of methoxy groups -OCH3 is 1. The fourth-order valence-electron chi connectivity index (χ4n) is 1.65. The third-order valence-corrected chi connectivity index (χ3v) is 3.34. The van der Waals surface area contributed by atoms with Crippen molar-refractivity contribution in [1.82, 2.24) is 0 Å². The van der Waals surface area contributed by atoms with Crippen LogP contribution in [0.25, 0.3) is 6.08 Å². The summed E-state index contributed by atoms with van der Waals surface area (Å²) in [7, 11) is 1.61. The molecule has 102 valence electrons. The van der Waals surface area contributed by atoms with Gasteiger partial charge in [0.15, 0.2) is 0 Å². The number of benzene rings is 2. The van der Waals surface area contributed by atoms with Crippen molar-refractivity contribution < 1.29 is 9.53 Å². The monoisotopic (exact) mass is 331 g/mol. The third kappa shape index (κ3) is 3.96. The Kier molecular flexibility index (Phi) is 4.96. The van der Waals surface area contributed by atoms with E-state index < -0.39 is 0 Å². The lowest BCUT2D eigenvalue weighted by Crippen LogP contribution is -2.07. The first-order chi connectivity index (χ1) is 9.69. The number of anilines is 1. The van der Waals surface area contributed by atoms with Crippen molar-refractivity contribution in [2.75, 3.05) is 12.4 Å². The normalized spacial score (nSPS) is 10.5. The minimum Gasteiger partial charge on any atom is -0.497 e. The molecule has 0 aliphatic rings. The molecule has 0 atom stereocenters. The van der Waals surface area contributed by atoms with Gasteiger partial charge in [0.1, 0.15) is 5.75 Å². The van der Waals surface area contributed by atoms with E-state index >= 15 is 0 Å². The number of carbonyl (C=O) groups excluding carboxylic acids is 1. The van der Waals surface area contributed by atoms with E-state index in [9.17, 15) is 4.79 Å². The molecule has 0 spiro atoms. The Bertz CT molecular complexity index is 638. The minimum absolute atomic E-state index is 0.181. The van der Waals surface area contributed by atoms with Crippen LogP contribution in [0.4, 0.5) is 5.69 Å². The van der Waals surface area contributed by atoms with E-state index in [2.05, 4.69) is 21.2 Å². The van der Waals surface area contributed by atoms with Gasteiger partial charge in [0, 0.05) is 10.5 Å². The van der Waals surface area contributed by atoms with Crippen LogP contribution in [-0.4, -0.2) is 13.0 Å². The van der Waals surface area contributed by atoms with Gasteiger partial charge in [-0.05, 0) is 51.8 Å². The number of hydrogen-bond donors (Lipinski definition) is 1. The van der Waals surface area contributed by atoms with E-state index in [1.165, 1.54) is 6.08 Å². The Hall–Kier alpha value is -2.07. The van der Waals surface area contributed by atoms with Crippen molar-refractivity contribution >= 4 is 33.6 Å². The molecule has 0 fully saturated rings. The summed E-state index contributed by atoms with van der Waals surface area (Å²) in [6.07, 6.45) is 3.24. The van der Waals surface area contributed by atoms with E-state index in [1.807, 2.05) is 48.5 Å². The van der Waals surface area contributed by atoms with Gasteiger partial charge in [0.2, 0.25) is 5.91 Å². The first-order valence-electron chi connectivity index (χ1n) is 6.06. The highest BCUT2D eigenvalue weighted by atomic mass is 79.9. The summed E-state index contributed by atoms with van der Waals surface area (Å²) in [5.74, 6) is 0.582. The van der Waals surface area contributed by atoms with Crippen LogP contribution in [0.5, 0.6) is 5.75 Å². The van der Waals surface area contributed by atoms with E-state index in [4.69, 9.17) is 4.74 Å². The quantitative estimate of drug-likeness (QED) is 0.856. The number of ether oxygens (including phenoxy) is 1. The van der Waals surface area contributed by atoms with Crippen LogP contribution in [0.3, 0.4) is 0 Å². The number of carbonyl (C=O) groups is 1. The van der Waals surface area contributed by atoms with Gasteiger partial charge in [-0.1, -0.05) is 24.3 Å². The lowest BCUT2D eigenvalue weighted by atomic mass is 10.2. The Labute approximate surface area is 126 Å². The van der Waals surface area contributed by atoms with Crippen LogP contribution in [0.1, 0.15) is 5.56 Å². The van der Waals surface area contributed by atoms with Gasteiger partial charge in [-0.3, -0.25) is 4.79 Å². The molecule has 0 aromatic heterocycles. The van der Waals surface area contributed by atoms with Crippen LogP contribution in [0, 0.1) is 0 Å². The molecule has 2 rings (SSSR count). The molecule has 3 nitrogen and oxygen atoms in total. The molecule has 0 radical (unpaired) electrons. The number of para-hydroxylation sites is 1. The molecule has 0 bridgehead atoms. The molecule has 2 aromatic carbocycles. The molecule has 2 aromatic rings. The maximum absolute atomic E-state index is 11.8. The zero-order valence-electron chi connectivity index (χ0n) is 11.0.